The Bertz CT molecular complexity index is 1360. The minimum atomic E-state index is -0.696. The van der Waals surface area contributed by atoms with Crippen molar-refractivity contribution in [3.63, 3.8) is 0 Å². The van der Waals surface area contributed by atoms with E-state index in [0.717, 1.165) is 27.6 Å². The number of benzene rings is 3. The van der Waals surface area contributed by atoms with Crippen molar-refractivity contribution in [1.29, 1.82) is 0 Å². The Hall–Kier alpha value is -3.71. The van der Waals surface area contributed by atoms with Crippen molar-refractivity contribution in [2.24, 2.45) is 0 Å². The third-order valence-corrected chi connectivity index (χ3v) is 6.31. The highest BCUT2D eigenvalue weighted by atomic mass is 32.2. The molecule has 3 aromatic carbocycles. The van der Waals surface area contributed by atoms with Gasteiger partial charge in [-0.15, -0.1) is 16.8 Å². The summed E-state index contributed by atoms with van der Waals surface area (Å²) >= 11 is 1.43. The van der Waals surface area contributed by atoms with Gasteiger partial charge >= 0.3 is 0 Å². The van der Waals surface area contributed by atoms with Gasteiger partial charge in [0.25, 0.3) is 0 Å². The standard InChI is InChI=1S/C26H22N4O2S/c1-3-15-33-26-27-24-23(28-29-26)20-11-7-8-12-21(20)30(22(31)4-2)25(32-24)19-14-13-17-9-5-6-10-18(17)16-19/h3,5-14,16,25H,1,4,15H2,2H3/t25-/m0/s1. The van der Waals surface area contributed by atoms with Crippen LogP contribution >= 0.6 is 11.8 Å². The lowest BCUT2D eigenvalue weighted by molar-refractivity contribution is -0.120. The van der Waals surface area contributed by atoms with Gasteiger partial charge in [0.15, 0.2) is 5.69 Å². The van der Waals surface area contributed by atoms with Crippen molar-refractivity contribution in [3.8, 4) is 17.1 Å². The fourth-order valence-electron chi connectivity index (χ4n) is 3.93. The molecule has 164 valence electrons. The number of hydrogen-bond acceptors (Lipinski definition) is 6. The molecule has 0 aliphatic carbocycles. The van der Waals surface area contributed by atoms with Crippen molar-refractivity contribution in [3.05, 3.63) is 84.9 Å². The minimum Gasteiger partial charge on any atom is -0.447 e. The molecule has 7 heteroatoms. The van der Waals surface area contributed by atoms with Crippen LogP contribution in [0, 0.1) is 0 Å². The molecule has 0 saturated carbocycles. The van der Waals surface area contributed by atoms with E-state index < -0.39 is 6.23 Å². The van der Waals surface area contributed by atoms with Gasteiger partial charge < -0.3 is 4.74 Å². The molecule has 0 spiro atoms. The molecule has 1 aliphatic rings. The number of rotatable bonds is 5. The number of aromatic nitrogens is 3. The lowest BCUT2D eigenvalue weighted by Crippen LogP contribution is -2.37. The van der Waals surface area contributed by atoms with E-state index in [1.165, 1.54) is 11.8 Å². The van der Waals surface area contributed by atoms with Crippen LogP contribution in [0.15, 0.2) is 84.5 Å². The highest BCUT2D eigenvalue weighted by Crippen LogP contribution is 2.43. The Morgan fingerprint density at radius 2 is 1.88 bits per heavy atom. The maximum Gasteiger partial charge on any atom is 0.247 e. The van der Waals surface area contributed by atoms with Gasteiger partial charge in [0.05, 0.1) is 5.69 Å². The van der Waals surface area contributed by atoms with E-state index in [2.05, 4.69) is 40.0 Å². The summed E-state index contributed by atoms with van der Waals surface area (Å²) in [5.74, 6) is 0.960. The molecule has 0 unspecified atom stereocenters. The molecule has 5 rings (SSSR count). The van der Waals surface area contributed by atoms with Gasteiger partial charge in [-0.3, -0.25) is 9.69 Å². The normalized spacial score (nSPS) is 14.7. The molecular weight excluding hydrogens is 432 g/mol. The molecule has 1 amide bonds. The van der Waals surface area contributed by atoms with E-state index in [0.29, 0.717) is 28.9 Å². The molecule has 1 atom stereocenters. The number of carbonyl (C=O) groups excluding carboxylic acids is 1. The second kappa shape index (κ2) is 9.03. The highest BCUT2D eigenvalue weighted by Gasteiger charge is 2.35. The molecule has 1 aliphatic heterocycles. The van der Waals surface area contributed by atoms with Crippen molar-refractivity contribution in [2.45, 2.75) is 24.7 Å². The largest absolute Gasteiger partial charge is 0.447 e. The SMILES string of the molecule is C=CCSc1nnc2c(n1)O[C@@H](c1ccc3ccccc3c1)N(C(=O)CC)c1ccccc1-2. The Labute approximate surface area is 196 Å². The third-order valence-electron chi connectivity index (χ3n) is 5.47. The lowest BCUT2D eigenvalue weighted by atomic mass is 10.0. The van der Waals surface area contributed by atoms with E-state index >= 15 is 0 Å². The van der Waals surface area contributed by atoms with Crippen LogP contribution < -0.4 is 9.64 Å². The molecule has 0 fully saturated rings. The molecular formula is C26H22N4O2S. The smallest absolute Gasteiger partial charge is 0.247 e. The average Bonchev–Trinajstić information content (AvgIpc) is 3.01. The Kier molecular flexibility index (Phi) is 5.79. The minimum absolute atomic E-state index is 0.0531. The van der Waals surface area contributed by atoms with Gasteiger partial charge in [0.2, 0.25) is 23.2 Å². The first-order valence-corrected chi connectivity index (χ1v) is 11.7. The van der Waals surface area contributed by atoms with Crippen LogP contribution in [0.4, 0.5) is 5.69 Å². The van der Waals surface area contributed by atoms with Gasteiger partial charge in [0, 0.05) is 23.3 Å². The van der Waals surface area contributed by atoms with Gasteiger partial charge in [-0.2, -0.15) is 4.98 Å². The number of amides is 1. The zero-order valence-electron chi connectivity index (χ0n) is 18.1. The Balaban J connectivity index is 1.71. The molecule has 2 heterocycles. The summed E-state index contributed by atoms with van der Waals surface area (Å²) in [7, 11) is 0. The van der Waals surface area contributed by atoms with Crippen molar-refractivity contribution in [1.82, 2.24) is 15.2 Å². The summed E-state index contributed by atoms with van der Waals surface area (Å²) in [4.78, 5) is 19.6. The molecule has 4 aromatic rings. The van der Waals surface area contributed by atoms with E-state index in [9.17, 15) is 4.79 Å². The van der Waals surface area contributed by atoms with Crippen LogP contribution in [-0.4, -0.2) is 26.8 Å². The molecule has 33 heavy (non-hydrogen) atoms. The maximum atomic E-state index is 13.3. The Morgan fingerprint density at radius 3 is 2.70 bits per heavy atom. The first-order chi connectivity index (χ1) is 16.2. The predicted octanol–water partition coefficient (Wildman–Crippen LogP) is 5.80. The van der Waals surface area contributed by atoms with E-state index in [4.69, 9.17) is 4.74 Å². The first-order valence-electron chi connectivity index (χ1n) is 10.7. The van der Waals surface area contributed by atoms with Gasteiger partial charge in [0.1, 0.15) is 0 Å². The molecule has 0 saturated heterocycles. The van der Waals surface area contributed by atoms with Crippen LogP contribution in [0.2, 0.25) is 0 Å². The zero-order valence-corrected chi connectivity index (χ0v) is 19.0. The molecule has 0 bridgehead atoms. The van der Waals surface area contributed by atoms with E-state index in [1.807, 2.05) is 55.5 Å². The molecule has 0 radical (unpaired) electrons. The van der Waals surface area contributed by atoms with Crippen LogP contribution in [0.25, 0.3) is 22.0 Å². The van der Waals surface area contributed by atoms with Gasteiger partial charge in [-0.05, 0) is 22.9 Å². The summed E-state index contributed by atoms with van der Waals surface area (Å²) < 4.78 is 6.48. The average molecular weight is 455 g/mol. The first kappa shape index (κ1) is 21.2. The molecule has 0 N–H and O–H groups in total. The topological polar surface area (TPSA) is 68.2 Å². The summed E-state index contributed by atoms with van der Waals surface area (Å²) in [6.07, 6.45) is 1.42. The van der Waals surface area contributed by atoms with Crippen LogP contribution in [0.1, 0.15) is 25.1 Å². The number of nitrogens with zero attached hydrogens (tertiary/aromatic N) is 4. The maximum absolute atomic E-state index is 13.3. The van der Waals surface area contributed by atoms with Crippen molar-refractivity contribution >= 4 is 34.1 Å². The fourth-order valence-corrected chi connectivity index (χ4v) is 4.44. The molecule has 6 nitrogen and oxygen atoms in total. The fraction of sp³-hybridized carbons (Fsp3) is 0.154. The number of carbonyl (C=O) groups is 1. The monoisotopic (exact) mass is 454 g/mol. The van der Waals surface area contributed by atoms with E-state index in [-0.39, 0.29) is 5.91 Å². The third kappa shape index (κ3) is 3.96. The zero-order chi connectivity index (χ0) is 22.8. The number of fused-ring (bicyclic) bond motifs is 4. The summed E-state index contributed by atoms with van der Waals surface area (Å²) in [6.45, 7) is 5.60. The number of anilines is 1. The lowest BCUT2D eigenvalue weighted by Gasteiger charge is -2.30. The number of hydrogen-bond donors (Lipinski definition) is 0. The van der Waals surface area contributed by atoms with Gasteiger partial charge in [-0.1, -0.05) is 79.4 Å². The van der Waals surface area contributed by atoms with E-state index in [1.54, 1.807) is 11.0 Å². The highest BCUT2D eigenvalue weighted by molar-refractivity contribution is 7.99. The van der Waals surface area contributed by atoms with Crippen LogP contribution in [0.3, 0.4) is 0 Å². The van der Waals surface area contributed by atoms with Crippen LogP contribution in [-0.2, 0) is 4.79 Å². The van der Waals surface area contributed by atoms with Crippen molar-refractivity contribution < 1.29 is 9.53 Å². The second-order valence-electron chi connectivity index (χ2n) is 7.56. The number of ether oxygens (including phenoxy) is 1. The summed E-state index contributed by atoms with van der Waals surface area (Å²) in [6, 6.07) is 21.9. The van der Waals surface area contributed by atoms with Gasteiger partial charge in [-0.25, -0.2) is 0 Å². The van der Waals surface area contributed by atoms with Crippen LogP contribution in [0.5, 0.6) is 5.88 Å². The predicted molar refractivity (Wildman–Crippen MR) is 131 cm³/mol. The summed E-state index contributed by atoms with van der Waals surface area (Å²) in [5, 5.41) is 11.4. The molecule has 1 aromatic heterocycles. The Morgan fingerprint density at radius 1 is 1.09 bits per heavy atom. The quantitative estimate of drug-likeness (QED) is 0.280. The summed E-state index contributed by atoms with van der Waals surface area (Å²) in [5.41, 5.74) is 2.87. The second-order valence-corrected chi connectivity index (χ2v) is 8.55. The number of para-hydroxylation sites is 1. The van der Waals surface area contributed by atoms with Crippen molar-refractivity contribution in [2.75, 3.05) is 10.7 Å². The number of thioether (sulfide) groups is 1.